The summed E-state index contributed by atoms with van der Waals surface area (Å²) < 4.78 is 2.85. The van der Waals surface area contributed by atoms with Crippen molar-refractivity contribution in [2.75, 3.05) is 5.73 Å². The van der Waals surface area contributed by atoms with Crippen LogP contribution in [-0.2, 0) is 6.42 Å². The summed E-state index contributed by atoms with van der Waals surface area (Å²) in [5.74, 6) is 0.477. The molecule has 16 heavy (non-hydrogen) atoms. The van der Waals surface area contributed by atoms with Gasteiger partial charge in [0.05, 0.1) is 11.4 Å². The fourth-order valence-electron chi connectivity index (χ4n) is 1.61. The van der Waals surface area contributed by atoms with E-state index < -0.39 is 0 Å². The van der Waals surface area contributed by atoms with Gasteiger partial charge >= 0.3 is 0 Å². The molecule has 1 aromatic heterocycles. The van der Waals surface area contributed by atoms with Crippen molar-refractivity contribution in [1.29, 1.82) is 0 Å². The van der Waals surface area contributed by atoms with Gasteiger partial charge in [0.1, 0.15) is 0 Å². The summed E-state index contributed by atoms with van der Waals surface area (Å²) >= 11 is 3.46. The fraction of sp³-hybridized carbons (Fsp3) is 0.273. The maximum Gasteiger partial charge on any atom is 0.169 e. The molecule has 5 heteroatoms. The number of hydrogen-bond donors (Lipinski definition) is 1. The molecule has 0 amide bonds. The van der Waals surface area contributed by atoms with Crippen molar-refractivity contribution in [2.24, 2.45) is 0 Å². The molecule has 2 aromatic rings. The zero-order valence-electron chi connectivity index (χ0n) is 9.24. The molecule has 0 fully saturated rings. The molecule has 0 aliphatic carbocycles. The van der Waals surface area contributed by atoms with Crippen LogP contribution in [0.25, 0.3) is 5.69 Å². The van der Waals surface area contributed by atoms with Gasteiger partial charge in [-0.15, -0.1) is 5.10 Å². The van der Waals surface area contributed by atoms with Crippen LogP contribution in [0.5, 0.6) is 0 Å². The number of aryl methyl sites for hydroxylation is 1. The van der Waals surface area contributed by atoms with Gasteiger partial charge in [0.25, 0.3) is 0 Å². The Morgan fingerprint density at radius 1 is 1.44 bits per heavy atom. The Morgan fingerprint density at radius 2 is 2.19 bits per heavy atom. The Morgan fingerprint density at radius 3 is 2.75 bits per heavy atom. The second-order valence-electron chi connectivity index (χ2n) is 3.60. The molecule has 2 rings (SSSR count). The van der Waals surface area contributed by atoms with E-state index >= 15 is 0 Å². The lowest BCUT2D eigenvalue weighted by molar-refractivity contribution is 0.776. The van der Waals surface area contributed by atoms with Crippen molar-refractivity contribution in [3.05, 3.63) is 33.9 Å². The third-order valence-electron chi connectivity index (χ3n) is 2.58. The van der Waals surface area contributed by atoms with Crippen molar-refractivity contribution in [2.45, 2.75) is 20.3 Å². The largest absolute Gasteiger partial charge is 0.381 e. The van der Waals surface area contributed by atoms with Crippen molar-refractivity contribution >= 4 is 21.7 Å². The maximum atomic E-state index is 5.70. The van der Waals surface area contributed by atoms with Gasteiger partial charge in [0.2, 0.25) is 0 Å². The Hall–Kier alpha value is -1.36. The van der Waals surface area contributed by atoms with Gasteiger partial charge in [-0.1, -0.05) is 28.1 Å². The van der Waals surface area contributed by atoms with Gasteiger partial charge in [0, 0.05) is 4.47 Å². The van der Waals surface area contributed by atoms with Crippen LogP contribution in [0.3, 0.4) is 0 Å². The number of benzene rings is 1. The predicted molar refractivity (Wildman–Crippen MR) is 67.6 cm³/mol. The first-order valence-electron chi connectivity index (χ1n) is 5.10. The topological polar surface area (TPSA) is 56.7 Å². The number of rotatable bonds is 2. The highest BCUT2D eigenvalue weighted by molar-refractivity contribution is 9.10. The van der Waals surface area contributed by atoms with Crippen LogP contribution in [0.1, 0.15) is 18.2 Å². The Bertz CT molecular complexity index is 519. The van der Waals surface area contributed by atoms with E-state index in [1.807, 2.05) is 19.1 Å². The van der Waals surface area contributed by atoms with E-state index in [1.54, 1.807) is 4.68 Å². The zero-order chi connectivity index (χ0) is 11.7. The van der Waals surface area contributed by atoms with Gasteiger partial charge in [-0.05, 0) is 37.1 Å². The lowest BCUT2D eigenvalue weighted by Crippen LogP contribution is -2.03. The van der Waals surface area contributed by atoms with E-state index in [4.69, 9.17) is 5.73 Å². The van der Waals surface area contributed by atoms with Crippen LogP contribution in [0.4, 0.5) is 5.82 Å². The van der Waals surface area contributed by atoms with E-state index in [0.29, 0.717) is 5.82 Å². The van der Waals surface area contributed by atoms with Crippen molar-refractivity contribution in [3.8, 4) is 5.69 Å². The minimum atomic E-state index is 0.477. The van der Waals surface area contributed by atoms with E-state index in [1.165, 1.54) is 5.56 Å². The molecule has 0 unspecified atom stereocenters. The Kier molecular flexibility index (Phi) is 2.96. The summed E-state index contributed by atoms with van der Waals surface area (Å²) in [5.41, 5.74) is 8.81. The number of anilines is 1. The Labute approximate surface area is 103 Å². The summed E-state index contributed by atoms with van der Waals surface area (Å²) in [5, 5.41) is 7.92. The second kappa shape index (κ2) is 4.25. The van der Waals surface area contributed by atoms with Crippen molar-refractivity contribution in [3.63, 3.8) is 0 Å². The summed E-state index contributed by atoms with van der Waals surface area (Å²) in [4.78, 5) is 0. The number of aromatic nitrogens is 3. The molecule has 0 bridgehead atoms. The highest BCUT2D eigenvalue weighted by atomic mass is 79.9. The molecule has 1 heterocycles. The minimum absolute atomic E-state index is 0.477. The first-order chi connectivity index (χ1) is 7.63. The third-order valence-corrected chi connectivity index (χ3v) is 3.07. The SMILES string of the molecule is CCc1cc(Br)ccc1-n1nnc(N)c1C. The number of nitrogens with two attached hydrogens (primary N) is 1. The number of hydrogen-bond acceptors (Lipinski definition) is 3. The number of nitrogens with zero attached hydrogens (tertiary/aromatic N) is 3. The lowest BCUT2D eigenvalue weighted by Gasteiger charge is -2.09. The fourth-order valence-corrected chi connectivity index (χ4v) is 2.02. The normalized spacial score (nSPS) is 10.7. The number of nitrogen functional groups attached to an aromatic ring is 1. The summed E-state index contributed by atoms with van der Waals surface area (Å²) in [6.07, 6.45) is 0.938. The molecule has 0 aliphatic heterocycles. The molecule has 2 N–H and O–H groups in total. The quantitative estimate of drug-likeness (QED) is 0.920. The van der Waals surface area contributed by atoms with Crippen molar-refractivity contribution in [1.82, 2.24) is 15.0 Å². The first-order valence-corrected chi connectivity index (χ1v) is 5.89. The monoisotopic (exact) mass is 280 g/mol. The highest BCUT2D eigenvalue weighted by Gasteiger charge is 2.10. The summed E-state index contributed by atoms with van der Waals surface area (Å²) in [7, 11) is 0. The molecular formula is C11H13BrN4. The van der Waals surface area contributed by atoms with Gasteiger partial charge in [-0.2, -0.15) is 0 Å². The van der Waals surface area contributed by atoms with Crippen LogP contribution in [0.15, 0.2) is 22.7 Å². The van der Waals surface area contributed by atoms with E-state index in [9.17, 15) is 0 Å². The standard InChI is InChI=1S/C11H13BrN4/c1-3-8-6-9(12)4-5-10(8)16-7(2)11(13)14-15-16/h4-6H,3,13H2,1-2H3. The van der Waals surface area contributed by atoms with Gasteiger partial charge in [-0.3, -0.25) is 0 Å². The minimum Gasteiger partial charge on any atom is -0.381 e. The van der Waals surface area contributed by atoms with Crippen LogP contribution in [-0.4, -0.2) is 15.0 Å². The first kappa shape index (κ1) is 11.1. The molecule has 0 saturated heterocycles. The molecular weight excluding hydrogens is 268 g/mol. The van der Waals surface area contributed by atoms with Gasteiger partial charge in [0.15, 0.2) is 5.82 Å². The molecule has 1 aromatic carbocycles. The molecule has 84 valence electrons. The van der Waals surface area contributed by atoms with E-state index in [2.05, 4.69) is 39.2 Å². The maximum absolute atomic E-state index is 5.70. The second-order valence-corrected chi connectivity index (χ2v) is 4.51. The zero-order valence-corrected chi connectivity index (χ0v) is 10.8. The molecule has 0 radical (unpaired) electrons. The molecule has 0 spiro atoms. The average molecular weight is 281 g/mol. The van der Waals surface area contributed by atoms with Crippen LogP contribution < -0.4 is 5.73 Å². The summed E-state index contributed by atoms with van der Waals surface area (Å²) in [6.45, 7) is 4.03. The third kappa shape index (κ3) is 1.82. The van der Waals surface area contributed by atoms with Gasteiger partial charge < -0.3 is 5.73 Å². The molecule has 0 atom stereocenters. The van der Waals surface area contributed by atoms with Crippen molar-refractivity contribution < 1.29 is 0 Å². The molecule has 0 saturated carbocycles. The highest BCUT2D eigenvalue weighted by Crippen LogP contribution is 2.22. The van der Waals surface area contributed by atoms with Crippen LogP contribution in [0, 0.1) is 6.92 Å². The smallest absolute Gasteiger partial charge is 0.169 e. The molecule has 4 nitrogen and oxygen atoms in total. The van der Waals surface area contributed by atoms with Gasteiger partial charge in [-0.25, -0.2) is 4.68 Å². The predicted octanol–water partition coefficient (Wildman–Crippen LogP) is 2.48. The molecule has 0 aliphatic rings. The summed E-state index contributed by atoms with van der Waals surface area (Å²) in [6, 6.07) is 6.10. The van der Waals surface area contributed by atoms with E-state index in [0.717, 1.165) is 22.3 Å². The van der Waals surface area contributed by atoms with Crippen LogP contribution >= 0.6 is 15.9 Å². The Balaban J connectivity index is 2.59. The van der Waals surface area contributed by atoms with E-state index in [-0.39, 0.29) is 0 Å². The van der Waals surface area contributed by atoms with Crippen LogP contribution in [0.2, 0.25) is 0 Å². The number of halogens is 1. The average Bonchev–Trinajstić information content (AvgIpc) is 2.60. The lowest BCUT2D eigenvalue weighted by atomic mass is 10.1.